The summed E-state index contributed by atoms with van der Waals surface area (Å²) in [6.45, 7) is 16.3. The summed E-state index contributed by atoms with van der Waals surface area (Å²) in [5, 5.41) is 1.41. The average molecular weight is 280 g/mol. The Hall–Kier alpha value is -0.680. The van der Waals surface area contributed by atoms with Crippen LogP contribution in [0.3, 0.4) is 0 Å². The Kier molecular flexibility index (Phi) is 7.52. The van der Waals surface area contributed by atoms with Gasteiger partial charge in [-0.3, -0.25) is 4.79 Å². The first-order valence-electron chi connectivity index (χ1n) is 7.17. The van der Waals surface area contributed by atoms with Crippen LogP contribution in [0.4, 0.5) is 0 Å². The largest absolute Gasteiger partial charge is 0.299 e. The number of ketones is 1. The summed E-state index contributed by atoms with van der Waals surface area (Å²) in [6.07, 6.45) is 1.07. The molecule has 0 amide bonds. The Balaban J connectivity index is 0.00000154. The first-order valence-corrected chi connectivity index (χ1v) is 8.67. The fourth-order valence-corrected chi connectivity index (χ4v) is 3.05. The number of benzene rings is 1. The summed E-state index contributed by atoms with van der Waals surface area (Å²) in [6, 6.07) is 4.41. The summed E-state index contributed by atoms with van der Waals surface area (Å²) >= 11 is 0. The normalized spacial score (nSPS) is 11.4. The second-order valence-electron chi connectivity index (χ2n) is 5.10. The maximum Gasteiger partial charge on any atom is 0.139 e. The van der Waals surface area contributed by atoms with Crippen molar-refractivity contribution in [3.63, 3.8) is 0 Å². The number of rotatable bonds is 4. The zero-order chi connectivity index (χ0) is 15.2. The second kappa shape index (κ2) is 7.80. The van der Waals surface area contributed by atoms with Crippen molar-refractivity contribution in [2.75, 3.05) is 6.66 Å². The number of aryl methyl sites for hydroxylation is 1. The van der Waals surface area contributed by atoms with Crippen molar-refractivity contribution < 1.29 is 4.79 Å². The highest BCUT2D eigenvalue weighted by molar-refractivity contribution is 7.46. The van der Waals surface area contributed by atoms with Crippen LogP contribution in [0.1, 0.15) is 58.2 Å². The zero-order valence-corrected chi connectivity index (χ0v) is 14.8. The van der Waals surface area contributed by atoms with Crippen LogP contribution < -0.4 is 5.30 Å². The van der Waals surface area contributed by atoms with E-state index in [1.807, 2.05) is 27.7 Å². The molecule has 0 aliphatic heterocycles. The van der Waals surface area contributed by atoms with Crippen LogP contribution in [0, 0.1) is 6.92 Å². The molecule has 0 aliphatic carbocycles. The lowest BCUT2D eigenvalue weighted by atomic mass is 9.80. The van der Waals surface area contributed by atoms with E-state index in [1.165, 1.54) is 16.4 Å². The number of carbonyl (C=O) groups is 1. The molecule has 1 atom stereocenters. The molecule has 1 aromatic carbocycles. The van der Waals surface area contributed by atoms with Gasteiger partial charge in [0.25, 0.3) is 0 Å². The van der Waals surface area contributed by atoms with Gasteiger partial charge < -0.3 is 0 Å². The predicted molar refractivity (Wildman–Crippen MR) is 89.5 cm³/mol. The third-order valence-corrected chi connectivity index (χ3v) is 4.68. The molecule has 0 aromatic heterocycles. The van der Waals surface area contributed by atoms with Gasteiger partial charge in [-0.15, -0.1) is 0 Å². The van der Waals surface area contributed by atoms with Crippen molar-refractivity contribution in [2.45, 2.75) is 60.3 Å². The lowest BCUT2D eigenvalue weighted by Crippen LogP contribution is -2.28. The topological polar surface area (TPSA) is 17.1 Å². The van der Waals surface area contributed by atoms with Gasteiger partial charge >= 0.3 is 0 Å². The molecule has 108 valence electrons. The van der Waals surface area contributed by atoms with Crippen LogP contribution in [-0.4, -0.2) is 12.4 Å². The van der Waals surface area contributed by atoms with E-state index in [0.29, 0.717) is 0 Å². The van der Waals surface area contributed by atoms with E-state index >= 15 is 0 Å². The number of hydrogen-bond donors (Lipinski definition) is 0. The van der Waals surface area contributed by atoms with Crippen LogP contribution in [0.15, 0.2) is 12.1 Å². The third-order valence-electron chi connectivity index (χ3n) is 3.70. The molecule has 1 nitrogen and oxygen atoms in total. The van der Waals surface area contributed by atoms with Crippen LogP contribution in [-0.2, 0) is 16.6 Å². The molecule has 0 fully saturated rings. The van der Waals surface area contributed by atoms with Crippen molar-refractivity contribution in [1.29, 1.82) is 0 Å². The van der Waals surface area contributed by atoms with Crippen LogP contribution in [0.2, 0.25) is 0 Å². The molecule has 0 saturated carbocycles. The van der Waals surface area contributed by atoms with E-state index in [1.54, 1.807) is 6.92 Å². The van der Waals surface area contributed by atoms with Crippen LogP contribution >= 0.6 is 8.58 Å². The Morgan fingerprint density at radius 1 is 1.26 bits per heavy atom. The molecule has 0 aliphatic rings. The van der Waals surface area contributed by atoms with E-state index in [-0.39, 0.29) is 11.2 Å². The SMILES string of the molecule is CC.CCc1c(C)cc(C(C)(C)C(C)=O)cc1PC. The van der Waals surface area contributed by atoms with Gasteiger partial charge in [-0.2, -0.15) is 0 Å². The minimum atomic E-state index is -0.370. The van der Waals surface area contributed by atoms with E-state index < -0.39 is 0 Å². The number of Topliss-reactive ketones (excluding diaryl/α,β-unsaturated/α-hetero) is 1. The fourth-order valence-electron chi connectivity index (χ4n) is 2.07. The highest BCUT2D eigenvalue weighted by atomic mass is 31.1. The van der Waals surface area contributed by atoms with E-state index in [0.717, 1.165) is 20.6 Å². The third kappa shape index (κ3) is 4.14. The summed E-state index contributed by atoms with van der Waals surface area (Å²) in [5.41, 5.74) is 3.56. The minimum absolute atomic E-state index is 0.228. The van der Waals surface area contributed by atoms with Crippen LogP contribution in [0.25, 0.3) is 0 Å². The van der Waals surface area contributed by atoms with E-state index in [9.17, 15) is 4.79 Å². The highest BCUT2D eigenvalue weighted by Gasteiger charge is 2.27. The van der Waals surface area contributed by atoms with Crippen molar-refractivity contribution in [1.82, 2.24) is 0 Å². The van der Waals surface area contributed by atoms with Gasteiger partial charge in [-0.1, -0.05) is 41.5 Å². The molecule has 0 N–H and O–H groups in total. The average Bonchev–Trinajstić information content (AvgIpc) is 2.39. The molecule has 0 radical (unpaired) electrons. The van der Waals surface area contributed by atoms with Crippen molar-refractivity contribution in [2.24, 2.45) is 0 Å². The molecule has 0 saturated heterocycles. The maximum absolute atomic E-state index is 11.7. The number of carbonyl (C=O) groups excluding carboxylic acids is 1. The molecular formula is C17H29OP. The quantitative estimate of drug-likeness (QED) is 0.748. The Labute approximate surface area is 121 Å². The van der Waals surface area contributed by atoms with E-state index in [4.69, 9.17) is 0 Å². The first kappa shape index (κ1) is 18.3. The molecule has 2 heteroatoms. The van der Waals surface area contributed by atoms with Gasteiger partial charge in [0.15, 0.2) is 0 Å². The Bertz CT molecular complexity index is 433. The lowest BCUT2D eigenvalue weighted by Gasteiger charge is -2.24. The Morgan fingerprint density at radius 3 is 2.16 bits per heavy atom. The molecule has 1 aromatic rings. The fraction of sp³-hybridized carbons (Fsp3) is 0.588. The smallest absolute Gasteiger partial charge is 0.139 e. The number of hydrogen-bond acceptors (Lipinski definition) is 1. The summed E-state index contributed by atoms with van der Waals surface area (Å²) in [5.74, 6) is 0.228. The zero-order valence-electron chi connectivity index (χ0n) is 13.8. The van der Waals surface area contributed by atoms with Gasteiger partial charge in [-0.05, 0) is 62.8 Å². The molecular weight excluding hydrogens is 251 g/mol. The van der Waals surface area contributed by atoms with Gasteiger partial charge in [0.1, 0.15) is 5.78 Å². The summed E-state index contributed by atoms with van der Waals surface area (Å²) in [4.78, 5) is 11.7. The monoisotopic (exact) mass is 280 g/mol. The molecule has 1 rings (SSSR count). The summed E-state index contributed by atoms with van der Waals surface area (Å²) in [7, 11) is 0.790. The molecule has 19 heavy (non-hydrogen) atoms. The van der Waals surface area contributed by atoms with Crippen molar-refractivity contribution in [3.8, 4) is 0 Å². The van der Waals surface area contributed by atoms with Crippen molar-refractivity contribution >= 4 is 19.7 Å². The van der Waals surface area contributed by atoms with Gasteiger partial charge in [-0.25, -0.2) is 0 Å². The van der Waals surface area contributed by atoms with Crippen LogP contribution in [0.5, 0.6) is 0 Å². The molecule has 1 unspecified atom stereocenters. The van der Waals surface area contributed by atoms with Gasteiger partial charge in [0, 0.05) is 5.41 Å². The highest BCUT2D eigenvalue weighted by Crippen LogP contribution is 2.27. The molecule has 0 bridgehead atoms. The second-order valence-corrected chi connectivity index (χ2v) is 6.14. The molecule has 0 spiro atoms. The van der Waals surface area contributed by atoms with Crippen molar-refractivity contribution in [3.05, 3.63) is 28.8 Å². The summed E-state index contributed by atoms with van der Waals surface area (Å²) < 4.78 is 0. The van der Waals surface area contributed by atoms with Gasteiger partial charge in [0.05, 0.1) is 0 Å². The van der Waals surface area contributed by atoms with E-state index in [2.05, 4.69) is 32.6 Å². The van der Waals surface area contributed by atoms with Gasteiger partial charge in [0.2, 0.25) is 0 Å². The predicted octanol–water partition coefficient (Wildman–Crippen LogP) is 4.38. The minimum Gasteiger partial charge on any atom is -0.299 e. The maximum atomic E-state index is 11.7. The lowest BCUT2D eigenvalue weighted by molar-refractivity contribution is -0.121. The molecule has 0 heterocycles. The Morgan fingerprint density at radius 2 is 1.79 bits per heavy atom. The first-order chi connectivity index (χ1) is 8.84. The standard InChI is InChI=1S/C15H23OP.C2H6/c1-7-13-10(2)8-12(9-14(13)17-6)15(4,5)11(3)16;1-2/h8-9,17H,7H2,1-6H3;1-2H3.